The number of nitrogens with zero attached hydrogens (tertiary/aromatic N) is 6. The van der Waals surface area contributed by atoms with Crippen molar-refractivity contribution >= 4 is 5.91 Å². The Labute approximate surface area is 134 Å². The molecule has 0 aliphatic carbocycles. The van der Waals surface area contributed by atoms with Crippen molar-refractivity contribution in [3.63, 3.8) is 0 Å². The van der Waals surface area contributed by atoms with E-state index in [1.54, 1.807) is 24.3 Å². The molecule has 1 amide bonds. The van der Waals surface area contributed by atoms with E-state index in [0.29, 0.717) is 11.7 Å². The fourth-order valence-corrected chi connectivity index (χ4v) is 3.75. The van der Waals surface area contributed by atoms with Gasteiger partial charge in [0.25, 0.3) is 5.91 Å². The van der Waals surface area contributed by atoms with Crippen LogP contribution in [-0.2, 0) is 13.6 Å². The van der Waals surface area contributed by atoms with E-state index in [0.717, 1.165) is 32.6 Å². The van der Waals surface area contributed by atoms with Crippen LogP contribution in [0.5, 0.6) is 0 Å². The van der Waals surface area contributed by atoms with Crippen LogP contribution in [0, 0.1) is 5.92 Å². The molecule has 7 heteroatoms. The maximum absolute atomic E-state index is 12.6. The van der Waals surface area contributed by atoms with Gasteiger partial charge >= 0.3 is 0 Å². The summed E-state index contributed by atoms with van der Waals surface area (Å²) in [7, 11) is 1.78. The first-order valence-electron chi connectivity index (χ1n) is 7.98. The number of likely N-dealkylation sites (tertiary alicyclic amines) is 2. The maximum atomic E-state index is 12.6. The molecule has 0 aromatic carbocycles. The Morgan fingerprint density at radius 2 is 2.30 bits per heavy atom. The SMILES string of the molecule is Cn1cnc(C(=O)N2CC[C@H]3CN(Cc4cccnc4)C[C@H]32)n1. The van der Waals surface area contributed by atoms with Gasteiger partial charge in [-0.1, -0.05) is 6.07 Å². The van der Waals surface area contributed by atoms with Crippen molar-refractivity contribution < 1.29 is 4.79 Å². The van der Waals surface area contributed by atoms with Gasteiger partial charge in [0.1, 0.15) is 6.33 Å². The number of hydrogen-bond donors (Lipinski definition) is 0. The highest BCUT2D eigenvalue weighted by Crippen LogP contribution is 2.32. The standard InChI is InChI=1S/C16H20N6O/c1-20-11-18-15(19-20)16(23)22-6-4-13-9-21(10-14(13)22)8-12-3-2-5-17-7-12/h2-3,5,7,11,13-14H,4,6,8-10H2,1H3/t13-,14+/m0/s1. The van der Waals surface area contributed by atoms with E-state index in [9.17, 15) is 4.79 Å². The van der Waals surface area contributed by atoms with E-state index >= 15 is 0 Å². The average Bonchev–Trinajstić information content (AvgIpc) is 3.23. The van der Waals surface area contributed by atoms with Gasteiger partial charge in [-0.2, -0.15) is 0 Å². The van der Waals surface area contributed by atoms with Crippen LogP contribution < -0.4 is 0 Å². The van der Waals surface area contributed by atoms with Crippen LogP contribution in [-0.4, -0.2) is 61.1 Å². The van der Waals surface area contributed by atoms with Crippen LogP contribution in [0.25, 0.3) is 0 Å². The predicted octanol–water partition coefficient (Wildman–Crippen LogP) is 0.557. The number of carbonyl (C=O) groups is 1. The lowest BCUT2D eigenvalue weighted by atomic mass is 10.1. The molecule has 23 heavy (non-hydrogen) atoms. The molecule has 4 rings (SSSR count). The number of carbonyl (C=O) groups excluding carboxylic acids is 1. The van der Waals surface area contributed by atoms with Crippen LogP contribution in [0.4, 0.5) is 0 Å². The predicted molar refractivity (Wildman–Crippen MR) is 83.4 cm³/mol. The van der Waals surface area contributed by atoms with E-state index in [1.807, 2.05) is 17.2 Å². The summed E-state index contributed by atoms with van der Waals surface area (Å²) >= 11 is 0. The molecule has 0 bridgehead atoms. The zero-order valence-electron chi connectivity index (χ0n) is 13.2. The summed E-state index contributed by atoms with van der Waals surface area (Å²) in [5.74, 6) is 0.819. The molecule has 2 aliphatic heterocycles. The second kappa shape index (κ2) is 5.73. The molecule has 2 atom stereocenters. The zero-order valence-corrected chi connectivity index (χ0v) is 13.2. The van der Waals surface area contributed by atoms with Crippen molar-refractivity contribution in [1.29, 1.82) is 0 Å². The maximum Gasteiger partial charge on any atom is 0.293 e. The van der Waals surface area contributed by atoms with Gasteiger partial charge in [-0.15, -0.1) is 5.10 Å². The number of fused-ring (bicyclic) bond motifs is 1. The molecule has 2 aliphatic rings. The first-order valence-corrected chi connectivity index (χ1v) is 7.98. The van der Waals surface area contributed by atoms with Gasteiger partial charge in [0.15, 0.2) is 0 Å². The number of pyridine rings is 1. The lowest BCUT2D eigenvalue weighted by molar-refractivity contribution is 0.0713. The Morgan fingerprint density at radius 1 is 1.39 bits per heavy atom. The molecule has 4 heterocycles. The summed E-state index contributed by atoms with van der Waals surface area (Å²) in [4.78, 5) is 25.3. The number of rotatable bonds is 3. The molecule has 7 nitrogen and oxygen atoms in total. The molecule has 2 saturated heterocycles. The second-order valence-corrected chi connectivity index (χ2v) is 6.41. The Hall–Kier alpha value is -2.28. The highest BCUT2D eigenvalue weighted by Gasteiger charge is 2.44. The van der Waals surface area contributed by atoms with Gasteiger partial charge in [-0.05, 0) is 24.0 Å². The zero-order chi connectivity index (χ0) is 15.8. The first-order chi connectivity index (χ1) is 11.2. The topological polar surface area (TPSA) is 67.2 Å². The quantitative estimate of drug-likeness (QED) is 0.828. The summed E-state index contributed by atoms with van der Waals surface area (Å²) in [5.41, 5.74) is 1.22. The molecule has 0 spiro atoms. The van der Waals surface area contributed by atoms with Crippen molar-refractivity contribution in [1.82, 2.24) is 29.5 Å². The van der Waals surface area contributed by atoms with Crippen molar-refractivity contribution in [2.75, 3.05) is 19.6 Å². The third-order valence-corrected chi connectivity index (χ3v) is 4.80. The van der Waals surface area contributed by atoms with E-state index in [-0.39, 0.29) is 11.9 Å². The van der Waals surface area contributed by atoms with Gasteiger partial charge < -0.3 is 4.90 Å². The van der Waals surface area contributed by atoms with Crippen LogP contribution in [0.1, 0.15) is 22.6 Å². The molecular weight excluding hydrogens is 292 g/mol. The summed E-state index contributed by atoms with van der Waals surface area (Å²) in [6, 6.07) is 4.35. The first kappa shape index (κ1) is 14.3. The highest BCUT2D eigenvalue weighted by molar-refractivity contribution is 5.90. The number of hydrogen-bond acceptors (Lipinski definition) is 5. The van der Waals surface area contributed by atoms with Crippen LogP contribution in [0.2, 0.25) is 0 Å². The molecule has 2 fully saturated rings. The molecular formula is C16H20N6O. The van der Waals surface area contributed by atoms with E-state index in [4.69, 9.17) is 0 Å². The third-order valence-electron chi connectivity index (χ3n) is 4.80. The van der Waals surface area contributed by atoms with E-state index < -0.39 is 0 Å². The van der Waals surface area contributed by atoms with E-state index in [1.165, 1.54) is 5.56 Å². The molecule has 2 aromatic heterocycles. The molecule has 0 unspecified atom stereocenters. The fourth-order valence-electron chi connectivity index (χ4n) is 3.75. The minimum absolute atomic E-state index is 0.0404. The Morgan fingerprint density at radius 3 is 3.04 bits per heavy atom. The van der Waals surface area contributed by atoms with Crippen molar-refractivity contribution in [3.05, 3.63) is 42.2 Å². The third kappa shape index (κ3) is 2.72. The van der Waals surface area contributed by atoms with Crippen LogP contribution in [0.15, 0.2) is 30.9 Å². The number of aryl methyl sites for hydroxylation is 1. The smallest absolute Gasteiger partial charge is 0.293 e. The average molecular weight is 312 g/mol. The highest BCUT2D eigenvalue weighted by atomic mass is 16.2. The number of amides is 1. The van der Waals surface area contributed by atoms with Gasteiger partial charge in [0.2, 0.25) is 5.82 Å². The van der Waals surface area contributed by atoms with E-state index in [2.05, 4.69) is 26.0 Å². The normalized spacial score (nSPS) is 24.1. The minimum Gasteiger partial charge on any atom is -0.331 e. The van der Waals surface area contributed by atoms with Crippen molar-refractivity contribution in [3.8, 4) is 0 Å². The summed E-state index contributed by atoms with van der Waals surface area (Å²) < 4.78 is 1.57. The van der Waals surface area contributed by atoms with Gasteiger partial charge in [-0.25, -0.2) is 4.98 Å². The van der Waals surface area contributed by atoms with Gasteiger partial charge in [0.05, 0.1) is 0 Å². The molecule has 120 valence electrons. The molecule has 0 saturated carbocycles. The van der Waals surface area contributed by atoms with Crippen LogP contribution >= 0.6 is 0 Å². The molecule has 2 aromatic rings. The van der Waals surface area contributed by atoms with Crippen molar-refractivity contribution in [2.45, 2.75) is 19.0 Å². The fraction of sp³-hybridized carbons (Fsp3) is 0.500. The lowest BCUT2D eigenvalue weighted by Gasteiger charge is -2.23. The second-order valence-electron chi connectivity index (χ2n) is 6.41. The Balaban J connectivity index is 1.44. The Kier molecular flexibility index (Phi) is 3.57. The molecule has 0 N–H and O–H groups in total. The Bertz CT molecular complexity index is 700. The molecule has 0 radical (unpaired) electrons. The monoisotopic (exact) mass is 312 g/mol. The summed E-state index contributed by atoms with van der Waals surface area (Å²) in [5, 5.41) is 4.15. The van der Waals surface area contributed by atoms with Crippen LogP contribution in [0.3, 0.4) is 0 Å². The summed E-state index contributed by atoms with van der Waals surface area (Å²) in [6.07, 6.45) is 6.34. The van der Waals surface area contributed by atoms with Gasteiger partial charge in [0, 0.05) is 51.7 Å². The number of aromatic nitrogens is 4. The van der Waals surface area contributed by atoms with Gasteiger partial charge in [-0.3, -0.25) is 19.4 Å². The lowest BCUT2D eigenvalue weighted by Crippen LogP contribution is -2.40. The largest absolute Gasteiger partial charge is 0.331 e. The minimum atomic E-state index is -0.0404. The summed E-state index contributed by atoms with van der Waals surface area (Å²) in [6.45, 7) is 3.66. The van der Waals surface area contributed by atoms with Crippen molar-refractivity contribution in [2.24, 2.45) is 13.0 Å².